The van der Waals surface area contributed by atoms with E-state index < -0.39 is 12.7 Å². The van der Waals surface area contributed by atoms with E-state index in [4.69, 9.17) is 0 Å². The van der Waals surface area contributed by atoms with Crippen molar-refractivity contribution < 1.29 is 13.5 Å². The number of para-hydroxylation sites is 1. The van der Waals surface area contributed by atoms with Crippen molar-refractivity contribution in [3.8, 4) is 5.75 Å². The van der Waals surface area contributed by atoms with E-state index >= 15 is 0 Å². The van der Waals surface area contributed by atoms with Gasteiger partial charge in [0.15, 0.2) is 5.75 Å². The van der Waals surface area contributed by atoms with Gasteiger partial charge in [-0.2, -0.15) is 8.78 Å². The van der Waals surface area contributed by atoms with E-state index in [2.05, 4.69) is 32.6 Å². The number of hydrogen-bond acceptors (Lipinski definition) is 2. The summed E-state index contributed by atoms with van der Waals surface area (Å²) in [5, 5.41) is 2.64. The molecule has 0 spiro atoms. The molecule has 1 N–H and O–H groups in total. The highest BCUT2D eigenvalue weighted by Gasteiger charge is 2.36. The second kappa shape index (κ2) is 2.97. The Morgan fingerprint density at radius 3 is 3.00 bits per heavy atom. The molecule has 2 rings (SSSR count). The fraction of sp³-hybridized carbons (Fsp3) is 0.250. The molecule has 0 saturated carbocycles. The zero-order chi connectivity index (χ0) is 9.47. The van der Waals surface area contributed by atoms with E-state index in [1.54, 1.807) is 6.07 Å². The molecular formula is C8H6F2INO. The van der Waals surface area contributed by atoms with Crippen LogP contribution < -0.4 is 10.1 Å². The molecule has 13 heavy (non-hydrogen) atoms. The van der Waals surface area contributed by atoms with Gasteiger partial charge in [-0.25, -0.2) is 0 Å². The predicted molar refractivity (Wildman–Crippen MR) is 53.2 cm³/mol. The summed E-state index contributed by atoms with van der Waals surface area (Å²) >= 11 is 2.07. The van der Waals surface area contributed by atoms with Crippen molar-refractivity contribution in [1.82, 2.24) is 0 Å². The zero-order valence-electron chi connectivity index (χ0n) is 6.48. The van der Waals surface area contributed by atoms with E-state index in [9.17, 15) is 8.78 Å². The largest absolute Gasteiger partial charge is 0.429 e. The Balaban J connectivity index is 2.42. The summed E-state index contributed by atoms with van der Waals surface area (Å²) in [6.45, 7) is -0.472. The standard InChI is InChI=1S/C8H6F2INO/c9-8(10)4-12-7-5(11)2-1-3-6(7)13-8/h1-3,12H,4H2. The maximum absolute atomic E-state index is 12.7. The summed E-state index contributed by atoms with van der Waals surface area (Å²) in [5.74, 6) is 0.211. The molecule has 2 nitrogen and oxygen atoms in total. The number of halogens is 3. The lowest BCUT2D eigenvalue weighted by Gasteiger charge is -2.26. The van der Waals surface area contributed by atoms with Gasteiger partial charge in [0.05, 0.1) is 5.69 Å². The normalized spacial score (nSPS) is 18.4. The molecule has 0 saturated heterocycles. The number of anilines is 1. The topological polar surface area (TPSA) is 21.3 Å². The minimum absolute atomic E-state index is 0.211. The van der Waals surface area contributed by atoms with Crippen LogP contribution in [0.2, 0.25) is 0 Å². The van der Waals surface area contributed by atoms with Crippen molar-refractivity contribution in [2.75, 3.05) is 11.9 Å². The lowest BCUT2D eigenvalue weighted by molar-refractivity contribution is -0.166. The first-order valence-electron chi connectivity index (χ1n) is 3.68. The fourth-order valence-electron chi connectivity index (χ4n) is 1.15. The second-order valence-electron chi connectivity index (χ2n) is 2.71. The number of ether oxygens (including phenoxy) is 1. The molecule has 0 bridgehead atoms. The molecule has 0 aliphatic carbocycles. The lowest BCUT2D eigenvalue weighted by Crippen LogP contribution is -2.37. The highest BCUT2D eigenvalue weighted by molar-refractivity contribution is 14.1. The third-order valence-electron chi connectivity index (χ3n) is 1.71. The van der Waals surface area contributed by atoms with Crippen molar-refractivity contribution in [3.05, 3.63) is 21.8 Å². The SMILES string of the molecule is FC1(F)CNc2c(I)cccc2O1. The minimum atomic E-state index is -3.10. The summed E-state index contributed by atoms with van der Waals surface area (Å²) in [7, 11) is 0. The molecule has 0 aromatic heterocycles. The van der Waals surface area contributed by atoms with E-state index in [-0.39, 0.29) is 5.75 Å². The highest BCUT2D eigenvalue weighted by Crippen LogP contribution is 2.37. The Bertz CT molecular complexity index is 343. The first-order chi connectivity index (χ1) is 6.08. The molecule has 0 atom stereocenters. The Morgan fingerprint density at radius 2 is 2.23 bits per heavy atom. The Morgan fingerprint density at radius 1 is 1.46 bits per heavy atom. The van der Waals surface area contributed by atoms with Crippen LogP contribution in [0, 0.1) is 3.57 Å². The first kappa shape index (κ1) is 8.98. The molecule has 1 aliphatic rings. The van der Waals surface area contributed by atoms with E-state index in [1.807, 2.05) is 6.07 Å². The van der Waals surface area contributed by atoms with Crippen LogP contribution in [0.4, 0.5) is 14.5 Å². The highest BCUT2D eigenvalue weighted by atomic mass is 127. The summed E-state index contributed by atoms with van der Waals surface area (Å²) in [5.41, 5.74) is 0.647. The summed E-state index contributed by atoms with van der Waals surface area (Å²) in [6, 6.07) is 5.04. The van der Waals surface area contributed by atoms with Crippen molar-refractivity contribution >= 4 is 28.3 Å². The molecule has 1 aliphatic heterocycles. The predicted octanol–water partition coefficient (Wildman–Crippen LogP) is 2.69. The van der Waals surface area contributed by atoms with Crippen LogP contribution in [0.15, 0.2) is 18.2 Å². The van der Waals surface area contributed by atoms with Crippen molar-refractivity contribution in [3.63, 3.8) is 0 Å². The average Bonchev–Trinajstić information content (AvgIpc) is 2.02. The van der Waals surface area contributed by atoms with Crippen LogP contribution in [0.5, 0.6) is 5.75 Å². The van der Waals surface area contributed by atoms with E-state index in [0.717, 1.165) is 3.57 Å². The van der Waals surface area contributed by atoms with Crippen LogP contribution in [0.25, 0.3) is 0 Å². The smallest absolute Gasteiger partial charge is 0.415 e. The van der Waals surface area contributed by atoms with Gasteiger partial charge in [-0.1, -0.05) is 6.07 Å². The fourth-order valence-corrected chi connectivity index (χ4v) is 1.81. The minimum Gasteiger partial charge on any atom is -0.429 e. The van der Waals surface area contributed by atoms with Gasteiger partial charge in [-0.3, -0.25) is 0 Å². The number of nitrogens with one attached hydrogen (secondary N) is 1. The number of benzene rings is 1. The van der Waals surface area contributed by atoms with Crippen LogP contribution in [0.1, 0.15) is 0 Å². The van der Waals surface area contributed by atoms with Gasteiger partial charge < -0.3 is 10.1 Å². The van der Waals surface area contributed by atoms with Gasteiger partial charge in [0.25, 0.3) is 0 Å². The van der Waals surface area contributed by atoms with Crippen molar-refractivity contribution in [1.29, 1.82) is 0 Å². The first-order valence-corrected chi connectivity index (χ1v) is 4.76. The third-order valence-corrected chi connectivity index (χ3v) is 2.60. The summed E-state index contributed by atoms with van der Waals surface area (Å²) < 4.78 is 30.8. The molecule has 0 fully saturated rings. The molecular weight excluding hydrogens is 291 g/mol. The number of fused-ring (bicyclic) bond motifs is 1. The average molecular weight is 297 g/mol. The molecule has 70 valence electrons. The maximum Gasteiger partial charge on any atom is 0.415 e. The quantitative estimate of drug-likeness (QED) is 0.743. The van der Waals surface area contributed by atoms with Crippen molar-refractivity contribution in [2.24, 2.45) is 0 Å². The summed E-state index contributed by atoms with van der Waals surface area (Å²) in [6.07, 6.45) is -3.10. The van der Waals surface area contributed by atoms with E-state index in [1.165, 1.54) is 6.07 Å². The zero-order valence-corrected chi connectivity index (χ0v) is 8.64. The summed E-state index contributed by atoms with van der Waals surface area (Å²) in [4.78, 5) is 0. The molecule has 1 aromatic carbocycles. The third kappa shape index (κ3) is 1.70. The second-order valence-corrected chi connectivity index (χ2v) is 3.87. The van der Waals surface area contributed by atoms with Crippen LogP contribution in [-0.4, -0.2) is 12.7 Å². The number of rotatable bonds is 0. The van der Waals surface area contributed by atoms with Gasteiger partial charge in [-0.15, -0.1) is 0 Å². The van der Waals surface area contributed by atoms with Crippen molar-refractivity contribution in [2.45, 2.75) is 6.11 Å². The molecule has 1 heterocycles. The monoisotopic (exact) mass is 297 g/mol. The molecule has 5 heteroatoms. The maximum atomic E-state index is 12.7. The number of hydrogen-bond donors (Lipinski definition) is 1. The number of alkyl halides is 2. The Hall–Kier alpha value is -0.590. The van der Waals surface area contributed by atoms with Crippen LogP contribution in [0.3, 0.4) is 0 Å². The Kier molecular flexibility index (Phi) is 2.05. The molecule has 1 aromatic rings. The lowest BCUT2D eigenvalue weighted by atomic mass is 10.2. The van der Waals surface area contributed by atoms with Gasteiger partial charge in [0.1, 0.15) is 6.54 Å². The van der Waals surface area contributed by atoms with E-state index in [0.29, 0.717) is 5.69 Å². The van der Waals surface area contributed by atoms with Gasteiger partial charge in [-0.05, 0) is 34.7 Å². The van der Waals surface area contributed by atoms with Crippen LogP contribution >= 0.6 is 22.6 Å². The molecule has 0 amide bonds. The van der Waals surface area contributed by atoms with Crippen LogP contribution in [-0.2, 0) is 0 Å². The molecule has 0 unspecified atom stereocenters. The van der Waals surface area contributed by atoms with Gasteiger partial charge >= 0.3 is 6.11 Å². The molecule has 0 radical (unpaired) electrons. The Labute approximate surface area is 87.4 Å². The van der Waals surface area contributed by atoms with Gasteiger partial charge in [0, 0.05) is 3.57 Å². The van der Waals surface area contributed by atoms with Gasteiger partial charge in [0.2, 0.25) is 0 Å².